The van der Waals surface area contributed by atoms with E-state index in [0.29, 0.717) is 0 Å². The van der Waals surface area contributed by atoms with Crippen LogP contribution in [0.25, 0.3) is 0 Å². The Bertz CT molecular complexity index is 383. The summed E-state index contributed by atoms with van der Waals surface area (Å²) in [5, 5.41) is 0. The van der Waals surface area contributed by atoms with Crippen LogP contribution in [0.4, 0.5) is 0 Å². The van der Waals surface area contributed by atoms with E-state index in [0.717, 1.165) is 28.6 Å². The van der Waals surface area contributed by atoms with Crippen molar-refractivity contribution in [3.05, 3.63) is 28.2 Å². The maximum Gasteiger partial charge on any atom is 0.166 e. The molecular weight excluding hydrogens is 256 g/mol. The van der Waals surface area contributed by atoms with Crippen LogP contribution in [-0.4, -0.2) is 12.9 Å². The Balaban J connectivity index is 2.26. The highest BCUT2D eigenvalue weighted by molar-refractivity contribution is 9.10. The SMILES string of the molecule is COc1cc(Br)cc(C(=O)C2CCC2)c1. The molecule has 15 heavy (non-hydrogen) atoms. The summed E-state index contributed by atoms with van der Waals surface area (Å²) in [4.78, 5) is 12.0. The maximum atomic E-state index is 12.0. The van der Waals surface area contributed by atoms with Gasteiger partial charge in [0.25, 0.3) is 0 Å². The summed E-state index contributed by atoms with van der Waals surface area (Å²) in [6.45, 7) is 0. The van der Waals surface area contributed by atoms with Gasteiger partial charge in [-0.2, -0.15) is 0 Å². The minimum Gasteiger partial charge on any atom is -0.497 e. The summed E-state index contributed by atoms with van der Waals surface area (Å²) < 4.78 is 6.03. The number of rotatable bonds is 3. The molecule has 0 saturated heterocycles. The van der Waals surface area contributed by atoms with E-state index in [2.05, 4.69) is 15.9 Å². The van der Waals surface area contributed by atoms with Crippen LogP contribution in [0, 0.1) is 5.92 Å². The Morgan fingerprint density at radius 2 is 2.13 bits per heavy atom. The Labute approximate surface area is 97.8 Å². The molecule has 1 saturated carbocycles. The van der Waals surface area contributed by atoms with E-state index < -0.39 is 0 Å². The summed E-state index contributed by atoms with van der Waals surface area (Å²) in [5.74, 6) is 1.22. The topological polar surface area (TPSA) is 26.3 Å². The largest absolute Gasteiger partial charge is 0.497 e. The normalized spacial score (nSPS) is 15.9. The Morgan fingerprint density at radius 1 is 1.40 bits per heavy atom. The van der Waals surface area contributed by atoms with Crippen molar-refractivity contribution in [3.8, 4) is 5.75 Å². The van der Waals surface area contributed by atoms with E-state index in [1.807, 2.05) is 18.2 Å². The van der Waals surface area contributed by atoms with E-state index in [-0.39, 0.29) is 11.7 Å². The van der Waals surface area contributed by atoms with Crippen molar-refractivity contribution in [1.82, 2.24) is 0 Å². The Hall–Kier alpha value is -0.830. The first-order chi connectivity index (χ1) is 7.20. The Kier molecular flexibility index (Phi) is 3.10. The highest BCUT2D eigenvalue weighted by Gasteiger charge is 2.26. The zero-order chi connectivity index (χ0) is 10.8. The number of halogens is 1. The highest BCUT2D eigenvalue weighted by atomic mass is 79.9. The van der Waals surface area contributed by atoms with E-state index in [1.54, 1.807) is 7.11 Å². The predicted molar refractivity (Wildman–Crippen MR) is 62.4 cm³/mol. The lowest BCUT2D eigenvalue weighted by atomic mass is 9.80. The lowest BCUT2D eigenvalue weighted by molar-refractivity contribution is 0.0855. The molecule has 1 fully saturated rings. The van der Waals surface area contributed by atoms with Gasteiger partial charge in [0.05, 0.1) is 7.11 Å². The summed E-state index contributed by atoms with van der Waals surface area (Å²) in [7, 11) is 1.61. The second kappa shape index (κ2) is 4.35. The molecule has 3 heteroatoms. The molecule has 1 aliphatic rings. The van der Waals surface area contributed by atoms with Crippen molar-refractivity contribution in [2.45, 2.75) is 19.3 Å². The highest BCUT2D eigenvalue weighted by Crippen LogP contribution is 2.31. The van der Waals surface area contributed by atoms with Crippen LogP contribution in [0.1, 0.15) is 29.6 Å². The number of Topliss-reactive ketones (excluding diaryl/α,β-unsaturated/α-hetero) is 1. The molecule has 1 aromatic carbocycles. The third-order valence-electron chi connectivity index (χ3n) is 2.87. The molecule has 2 rings (SSSR count). The molecule has 0 heterocycles. The molecule has 2 nitrogen and oxygen atoms in total. The van der Waals surface area contributed by atoms with Crippen molar-refractivity contribution in [2.75, 3.05) is 7.11 Å². The monoisotopic (exact) mass is 268 g/mol. The molecule has 80 valence electrons. The van der Waals surface area contributed by atoms with Crippen LogP contribution >= 0.6 is 15.9 Å². The molecule has 0 atom stereocenters. The summed E-state index contributed by atoms with van der Waals surface area (Å²) in [5.41, 5.74) is 0.755. The van der Waals surface area contributed by atoms with Crippen LogP contribution in [0.5, 0.6) is 5.75 Å². The van der Waals surface area contributed by atoms with Gasteiger partial charge in [0.2, 0.25) is 0 Å². The fourth-order valence-electron chi connectivity index (χ4n) is 1.73. The summed E-state index contributed by atoms with van der Waals surface area (Å²) in [6, 6.07) is 5.53. The van der Waals surface area contributed by atoms with Gasteiger partial charge in [-0.25, -0.2) is 0 Å². The minimum absolute atomic E-state index is 0.240. The zero-order valence-electron chi connectivity index (χ0n) is 8.63. The van der Waals surface area contributed by atoms with E-state index in [4.69, 9.17) is 4.74 Å². The standard InChI is InChI=1S/C12H13BrO2/c1-15-11-6-9(5-10(13)7-11)12(14)8-3-2-4-8/h5-8H,2-4H2,1H3. The smallest absolute Gasteiger partial charge is 0.166 e. The fraction of sp³-hybridized carbons (Fsp3) is 0.417. The number of hydrogen-bond donors (Lipinski definition) is 0. The number of ether oxygens (including phenoxy) is 1. The van der Waals surface area contributed by atoms with Crippen molar-refractivity contribution < 1.29 is 9.53 Å². The molecule has 0 aromatic heterocycles. The van der Waals surface area contributed by atoms with E-state index in [9.17, 15) is 4.79 Å². The zero-order valence-corrected chi connectivity index (χ0v) is 10.2. The Morgan fingerprint density at radius 3 is 2.67 bits per heavy atom. The third-order valence-corrected chi connectivity index (χ3v) is 3.33. The van der Waals surface area contributed by atoms with Crippen molar-refractivity contribution in [2.24, 2.45) is 5.92 Å². The fourth-order valence-corrected chi connectivity index (χ4v) is 2.20. The van der Waals surface area contributed by atoms with Crippen molar-refractivity contribution in [3.63, 3.8) is 0 Å². The number of benzene rings is 1. The van der Waals surface area contributed by atoms with E-state index >= 15 is 0 Å². The van der Waals surface area contributed by atoms with Gasteiger partial charge in [-0.05, 0) is 31.0 Å². The molecule has 0 bridgehead atoms. The van der Waals surface area contributed by atoms with Gasteiger partial charge in [0.15, 0.2) is 5.78 Å². The van der Waals surface area contributed by atoms with Crippen LogP contribution in [-0.2, 0) is 0 Å². The first kappa shape index (κ1) is 10.7. The van der Waals surface area contributed by atoms with Gasteiger partial charge in [-0.3, -0.25) is 4.79 Å². The molecular formula is C12H13BrO2. The van der Waals surface area contributed by atoms with Crippen LogP contribution in [0.15, 0.2) is 22.7 Å². The molecule has 0 amide bonds. The average molecular weight is 269 g/mol. The average Bonchev–Trinajstić information content (AvgIpc) is 2.14. The van der Waals surface area contributed by atoms with Crippen LogP contribution < -0.4 is 4.74 Å². The van der Waals surface area contributed by atoms with Gasteiger partial charge < -0.3 is 4.74 Å². The second-order valence-corrected chi connectivity index (χ2v) is 4.79. The quantitative estimate of drug-likeness (QED) is 0.786. The third kappa shape index (κ3) is 2.23. The second-order valence-electron chi connectivity index (χ2n) is 3.87. The molecule has 0 aliphatic heterocycles. The van der Waals surface area contributed by atoms with Crippen LogP contribution in [0.2, 0.25) is 0 Å². The van der Waals surface area contributed by atoms with Gasteiger partial charge in [-0.1, -0.05) is 22.4 Å². The number of hydrogen-bond acceptors (Lipinski definition) is 2. The van der Waals surface area contributed by atoms with Crippen LogP contribution in [0.3, 0.4) is 0 Å². The van der Waals surface area contributed by atoms with Crippen molar-refractivity contribution in [1.29, 1.82) is 0 Å². The molecule has 1 aromatic rings. The van der Waals surface area contributed by atoms with Crippen molar-refractivity contribution >= 4 is 21.7 Å². The lowest BCUT2D eigenvalue weighted by Crippen LogP contribution is -2.21. The first-order valence-corrected chi connectivity index (χ1v) is 5.89. The molecule has 0 unspecified atom stereocenters. The number of methoxy groups -OCH3 is 1. The van der Waals surface area contributed by atoms with E-state index in [1.165, 1.54) is 6.42 Å². The summed E-state index contributed by atoms with van der Waals surface area (Å²) >= 11 is 3.38. The predicted octanol–water partition coefficient (Wildman–Crippen LogP) is 3.44. The molecule has 1 aliphatic carbocycles. The van der Waals surface area contributed by atoms with Gasteiger partial charge in [0, 0.05) is 16.0 Å². The lowest BCUT2D eigenvalue weighted by Gasteiger charge is -2.23. The van der Waals surface area contributed by atoms with Gasteiger partial charge in [-0.15, -0.1) is 0 Å². The maximum absolute atomic E-state index is 12.0. The van der Waals surface area contributed by atoms with Gasteiger partial charge in [0.1, 0.15) is 5.75 Å². The minimum atomic E-state index is 0.240. The number of ketones is 1. The first-order valence-electron chi connectivity index (χ1n) is 5.09. The number of carbonyl (C=O) groups is 1. The molecule has 0 N–H and O–H groups in total. The molecule has 0 radical (unpaired) electrons. The van der Waals surface area contributed by atoms with Gasteiger partial charge >= 0.3 is 0 Å². The summed E-state index contributed by atoms with van der Waals surface area (Å²) in [6.07, 6.45) is 3.25. The molecule has 0 spiro atoms. The number of carbonyl (C=O) groups excluding carboxylic acids is 1.